The molecule has 6 heteroatoms. The van der Waals surface area contributed by atoms with Gasteiger partial charge in [-0.1, -0.05) is 0 Å². The van der Waals surface area contributed by atoms with Crippen molar-refractivity contribution in [3.05, 3.63) is 29.0 Å². The van der Waals surface area contributed by atoms with Gasteiger partial charge in [0.1, 0.15) is 5.69 Å². The number of amides is 1. The van der Waals surface area contributed by atoms with Crippen molar-refractivity contribution in [3.63, 3.8) is 0 Å². The summed E-state index contributed by atoms with van der Waals surface area (Å²) in [7, 11) is 0. The van der Waals surface area contributed by atoms with Crippen LogP contribution < -0.4 is 5.73 Å². The van der Waals surface area contributed by atoms with Crippen LogP contribution in [-0.4, -0.2) is 35.4 Å². The van der Waals surface area contributed by atoms with E-state index in [0.29, 0.717) is 23.9 Å². The van der Waals surface area contributed by atoms with Crippen LogP contribution in [0.3, 0.4) is 0 Å². The molecule has 1 saturated heterocycles. The highest BCUT2D eigenvalue weighted by molar-refractivity contribution is 7.15. The van der Waals surface area contributed by atoms with Crippen molar-refractivity contribution < 1.29 is 9.21 Å². The molecule has 2 N–H and O–H groups in total. The van der Waals surface area contributed by atoms with Crippen LogP contribution in [-0.2, 0) is 0 Å². The Morgan fingerprint density at radius 3 is 3.15 bits per heavy atom. The van der Waals surface area contributed by atoms with Gasteiger partial charge < -0.3 is 15.1 Å². The Hall–Kier alpha value is -1.66. The minimum absolute atomic E-state index is 0.00695. The number of likely N-dealkylation sites (tertiary alicyclic amines) is 1. The molecule has 1 unspecified atom stereocenters. The molecule has 1 aliphatic heterocycles. The number of thiazole rings is 1. The molecule has 1 atom stereocenters. The third-order valence-electron chi connectivity index (χ3n) is 3.64. The molecule has 0 aromatic carbocycles. The monoisotopic (exact) mass is 291 g/mol. The predicted octanol–water partition coefficient (Wildman–Crippen LogP) is 2.13. The van der Waals surface area contributed by atoms with Crippen LogP contribution in [0.2, 0.25) is 0 Å². The fourth-order valence-electron chi connectivity index (χ4n) is 2.46. The maximum Gasteiger partial charge on any atom is 0.273 e. The number of nitrogens with two attached hydrogens (primary N) is 1. The van der Waals surface area contributed by atoms with Crippen molar-refractivity contribution in [2.24, 2.45) is 11.7 Å². The highest BCUT2D eigenvalue weighted by Crippen LogP contribution is 2.29. The van der Waals surface area contributed by atoms with Crippen molar-refractivity contribution in [1.29, 1.82) is 0 Å². The zero-order valence-electron chi connectivity index (χ0n) is 11.3. The van der Waals surface area contributed by atoms with Crippen molar-refractivity contribution in [2.75, 3.05) is 19.6 Å². The van der Waals surface area contributed by atoms with Crippen LogP contribution in [0.1, 0.15) is 21.8 Å². The summed E-state index contributed by atoms with van der Waals surface area (Å²) in [6, 6.07) is 3.67. The summed E-state index contributed by atoms with van der Waals surface area (Å²) in [5, 5.41) is 0.755. The number of furan rings is 1. The number of carbonyl (C=O) groups excluding carboxylic acids is 1. The highest BCUT2D eigenvalue weighted by Gasteiger charge is 2.29. The summed E-state index contributed by atoms with van der Waals surface area (Å²) in [6.45, 7) is 4.07. The smallest absolute Gasteiger partial charge is 0.273 e. The standard InChI is InChI=1S/C14H17N3O2S/c1-9-12(14(18)17-5-4-10(7-15)8-17)16-13(20-9)11-3-2-6-19-11/h2-3,6,10H,4-5,7-8,15H2,1H3. The Bertz CT molecular complexity index is 606. The molecule has 3 heterocycles. The van der Waals surface area contributed by atoms with Gasteiger partial charge in [-0.3, -0.25) is 4.79 Å². The van der Waals surface area contributed by atoms with Gasteiger partial charge in [0.15, 0.2) is 10.8 Å². The second-order valence-electron chi connectivity index (χ2n) is 5.04. The second kappa shape index (κ2) is 5.38. The van der Waals surface area contributed by atoms with E-state index in [-0.39, 0.29) is 5.91 Å². The molecule has 1 fully saturated rings. The first kappa shape index (κ1) is 13.3. The molecule has 20 heavy (non-hydrogen) atoms. The zero-order valence-corrected chi connectivity index (χ0v) is 12.2. The highest BCUT2D eigenvalue weighted by atomic mass is 32.1. The SMILES string of the molecule is Cc1sc(-c2ccco2)nc1C(=O)N1CCC(CN)C1. The molecule has 0 radical (unpaired) electrons. The fourth-order valence-corrected chi connectivity index (χ4v) is 3.33. The summed E-state index contributed by atoms with van der Waals surface area (Å²) in [5.41, 5.74) is 6.21. The molecule has 2 aromatic rings. The minimum Gasteiger partial charge on any atom is -0.462 e. The van der Waals surface area contributed by atoms with E-state index >= 15 is 0 Å². The molecule has 5 nitrogen and oxygen atoms in total. The van der Waals surface area contributed by atoms with Gasteiger partial charge in [0.05, 0.1) is 6.26 Å². The molecule has 106 valence electrons. The lowest BCUT2D eigenvalue weighted by atomic mass is 10.1. The van der Waals surface area contributed by atoms with Crippen LogP contribution in [0.4, 0.5) is 0 Å². The van der Waals surface area contributed by atoms with Gasteiger partial charge in [-0.25, -0.2) is 4.98 Å². The third-order valence-corrected chi connectivity index (χ3v) is 4.62. The van der Waals surface area contributed by atoms with E-state index in [1.54, 1.807) is 6.26 Å². The molecule has 0 aliphatic carbocycles. The summed E-state index contributed by atoms with van der Waals surface area (Å²) in [5.74, 6) is 1.13. The average Bonchev–Trinajstić information content (AvgIpc) is 3.18. The van der Waals surface area contributed by atoms with E-state index in [0.717, 1.165) is 29.4 Å². The Balaban J connectivity index is 1.82. The Morgan fingerprint density at radius 2 is 2.50 bits per heavy atom. The molecule has 3 rings (SSSR count). The zero-order chi connectivity index (χ0) is 14.1. The predicted molar refractivity (Wildman–Crippen MR) is 77.6 cm³/mol. The third kappa shape index (κ3) is 2.36. The van der Waals surface area contributed by atoms with Crippen molar-refractivity contribution in [1.82, 2.24) is 9.88 Å². The van der Waals surface area contributed by atoms with Crippen LogP contribution >= 0.6 is 11.3 Å². The molecular formula is C14H17N3O2S. The number of carbonyl (C=O) groups is 1. The molecular weight excluding hydrogens is 274 g/mol. The first-order valence-electron chi connectivity index (χ1n) is 6.69. The van der Waals surface area contributed by atoms with Gasteiger partial charge in [-0.2, -0.15) is 0 Å². The fraction of sp³-hybridized carbons (Fsp3) is 0.429. The first-order valence-corrected chi connectivity index (χ1v) is 7.51. The Kier molecular flexibility index (Phi) is 3.58. The molecule has 1 amide bonds. The largest absolute Gasteiger partial charge is 0.462 e. The van der Waals surface area contributed by atoms with Crippen molar-refractivity contribution in [3.8, 4) is 10.8 Å². The van der Waals surface area contributed by atoms with Crippen molar-refractivity contribution in [2.45, 2.75) is 13.3 Å². The Labute approximate surface area is 121 Å². The normalized spacial score (nSPS) is 18.7. The number of aromatic nitrogens is 1. The minimum atomic E-state index is 0.00695. The van der Waals surface area contributed by atoms with E-state index in [2.05, 4.69) is 4.98 Å². The van der Waals surface area contributed by atoms with Gasteiger partial charge >= 0.3 is 0 Å². The van der Waals surface area contributed by atoms with E-state index < -0.39 is 0 Å². The van der Waals surface area contributed by atoms with E-state index in [4.69, 9.17) is 10.2 Å². The molecule has 1 aliphatic rings. The number of hydrogen-bond acceptors (Lipinski definition) is 5. The van der Waals surface area contributed by atoms with Gasteiger partial charge in [0.2, 0.25) is 0 Å². The van der Waals surface area contributed by atoms with Crippen LogP contribution in [0, 0.1) is 12.8 Å². The molecule has 0 bridgehead atoms. The van der Waals surface area contributed by atoms with Crippen molar-refractivity contribution >= 4 is 17.2 Å². The number of rotatable bonds is 3. The lowest BCUT2D eigenvalue weighted by Gasteiger charge is -2.15. The first-order chi connectivity index (χ1) is 9.69. The summed E-state index contributed by atoms with van der Waals surface area (Å²) < 4.78 is 5.33. The van der Waals surface area contributed by atoms with Gasteiger partial charge in [-0.15, -0.1) is 11.3 Å². The molecule has 2 aromatic heterocycles. The lowest BCUT2D eigenvalue weighted by molar-refractivity contribution is 0.0782. The molecule has 0 spiro atoms. The lowest BCUT2D eigenvalue weighted by Crippen LogP contribution is -2.30. The van der Waals surface area contributed by atoms with Gasteiger partial charge in [0.25, 0.3) is 5.91 Å². The van der Waals surface area contributed by atoms with Crippen LogP contribution in [0.5, 0.6) is 0 Å². The summed E-state index contributed by atoms with van der Waals surface area (Å²) >= 11 is 1.49. The molecule has 0 saturated carbocycles. The number of hydrogen-bond donors (Lipinski definition) is 1. The van der Waals surface area contributed by atoms with Gasteiger partial charge in [0, 0.05) is 18.0 Å². The average molecular weight is 291 g/mol. The number of nitrogens with zero attached hydrogens (tertiary/aromatic N) is 2. The summed E-state index contributed by atoms with van der Waals surface area (Å²) in [4.78, 5) is 19.7. The topological polar surface area (TPSA) is 72.4 Å². The Morgan fingerprint density at radius 1 is 1.65 bits per heavy atom. The van der Waals surface area contributed by atoms with Gasteiger partial charge in [-0.05, 0) is 37.9 Å². The second-order valence-corrected chi connectivity index (χ2v) is 6.25. The summed E-state index contributed by atoms with van der Waals surface area (Å²) in [6.07, 6.45) is 2.59. The number of aryl methyl sites for hydroxylation is 1. The van der Waals surface area contributed by atoms with E-state index in [1.165, 1.54) is 11.3 Å². The quantitative estimate of drug-likeness (QED) is 0.940. The van der Waals surface area contributed by atoms with Crippen LogP contribution in [0.15, 0.2) is 22.8 Å². The van der Waals surface area contributed by atoms with E-state index in [9.17, 15) is 4.79 Å². The van der Waals surface area contributed by atoms with Crippen LogP contribution in [0.25, 0.3) is 10.8 Å². The maximum absolute atomic E-state index is 12.5. The van der Waals surface area contributed by atoms with E-state index in [1.807, 2.05) is 24.0 Å². The maximum atomic E-state index is 12.5.